The Kier molecular flexibility index (Phi) is 5.44. The van der Waals surface area contributed by atoms with E-state index < -0.39 is 21.7 Å². The lowest BCUT2D eigenvalue weighted by Gasteiger charge is -2.20. The van der Waals surface area contributed by atoms with Crippen molar-refractivity contribution in [3.8, 4) is 0 Å². The standard InChI is InChI=1S/C21H15Cl2FN2O3S/c22-16-7-5-14(21(27)25-18-8-6-15(24)12-17(18)23)11-20(16)30(28,29)26-10-9-13-3-1-2-4-19(13)26/h1-8,11-12H,9-10H2,(H,25,27). The topological polar surface area (TPSA) is 66.5 Å². The van der Waals surface area contributed by atoms with Crippen LogP contribution >= 0.6 is 23.2 Å². The molecule has 3 aromatic rings. The van der Waals surface area contributed by atoms with E-state index in [4.69, 9.17) is 23.2 Å². The molecule has 154 valence electrons. The van der Waals surface area contributed by atoms with Crippen LogP contribution in [0.1, 0.15) is 15.9 Å². The summed E-state index contributed by atoms with van der Waals surface area (Å²) in [7, 11) is -3.98. The van der Waals surface area contributed by atoms with Gasteiger partial charge in [-0.05, 0) is 54.4 Å². The van der Waals surface area contributed by atoms with Gasteiger partial charge in [0, 0.05) is 12.1 Å². The van der Waals surface area contributed by atoms with Crippen LogP contribution in [0.15, 0.2) is 65.6 Å². The highest BCUT2D eigenvalue weighted by Gasteiger charge is 2.32. The van der Waals surface area contributed by atoms with Crippen molar-refractivity contribution >= 4 is 50.5 Å². The molecule has 0 fully saturated rings. The van der Waals surface area contributed by atoms with Crippen molar-refractivity contribution in [2.75, 3.05) is 16.2 Å². The van der Waals surface area contributed by atoms with E-state index in [1.807, 2.05) is 12.1 Å². The lowest BCUT2D eigenvalue weighted by molar-refractivity contribution is 0.102. The first-order valence-corrected chi connectivity index (χ1v) is 11.1. The minimum absolute atomic E-state index is 0.00995. The van der Waals surface area contributed by atoms with Crippen molar-refractivity contribution in [1.82, 2.24) is 0 Å². The molecule has 9 heteroatoms. The van der Waals surface area contributed by atoms with E-state index in [-0.39, 0.29) is 26.2 Å². The van der Waals surface area contributed by atoms with Crippen LogP contribution in [-0.4, -0.2) is 20.9 Å². The minimum Gasteiger partial charge on any atom is -0.321 e. The van der Waals surface area contributed by atoms with Crippen molar-refractivity contribution in [1.29, 1.82) is 0 Å². The summed E-state index contributed by atoms with van der Waals surface area (Å²) in [5.41, 5.74) is 1.81. The molecule has 0 aliphatic carbocycles. The van der Waals surface area contributed by atoms with E-state index in [0.717, 1.165) is 17.7 Å². The predicted molar refractivity (Wildman–Crippen MR) is 115 cm³/mol. The molecule has 3 aromatic carbocycles. The number of fused-ring (bicyclic) bond motifs is 1. The van der Waals surface area contributed by atoms with Crippen LogP contribution in [0.25, 0.3) is 0 Å². The molecule has 1 amide bonds. The number of halogens is 3. The van der Waals surface area contributed by atoms with Gasteiger partial charge in [0.2, 0.25) is 0 Å². The highest BCUT2D eigenvalue weighted by molar-refractivity contribution is 7.93. The number of nitrogens with one attached hydrogen (secondary N) is 1. The minimum atomic E-state index is -3.98. The number of carbonyl (C=O) groups excluding carboxylic acids is 1. The zero-order valence-electron chi connectivity index (χ0n) is 15.4. The molecular formula is C21H15Cl2FN2O3S. The van der Waals surface area contributed by atoms with Crippen molar-refractivity contribution in [3.05, 3.63) is 87.7 Å². The Bertz CT molecular complexity index is 1260. The molecule has 0 unspecified atom stereocenters. The second-order valence-corrected chi connectivity index (χ2v) is 9.32. The molecule has 5 nitrogen and oxygen atoms in total. The van der Waals surface area contributed by atoms with Gasteiger partial charge in [0.1, 0.15) is 10.7 Å². The highest BCUT2D eigenvalue weighted by atomic mass is 35.5. The third kappa shape index (κ3) is 3.76. The SMILES string of the molecule is O=C(Nc1ccc(F)cc1Cl)c1ccc(Cl)c(S(=O)(=O)N2CCc3ccccc32)c1. The van der Waals surface area contributed by atoms with Gasteiger partial charge in [-0.15, -0.1) is 0 Å². The maximum absolute atomic E-state index is 13.3. The molecule has 1 heterocycles. The van der Waals surface area contributed by atoms with Crippen LogP contribution in [0.5, 0.6) is 0 Å². The molecule has 0 atom stereocenters. The molecule has 30 heavy (non-hydrogen) atoms. The molecule has 0 aromatic heterocycles. The first-order chi connectivity index (χ1) is 14.3. The lowest BCUT2D eigenvalue weighted by atomic mass is 10.2. The Morgan fingerprint density at radius 1 is 1.00 bits per heavy atom. The van der Waals surface area contributed by atoms with Crippen LogP contribution < -0.4 is 9.62 Å². The van der Waals surface area contributed by atoms with Crippen LogP contribution in [-0.2, 0) is 16.4 Å². The van der Waals surface area contributed by atoms with Crippen molar-refractivity contribution in [3.63, 3.8) is 0 Å². The van der Waals surface area contributed by atoms with Gasteiger partial charge in [-0.2, -0.15) is 0 Å². The molecule has 0 spiro atoms. The Labute approximate surface area is 183 Å². The maximum atomic E-state index is 13.3. The Balaban J connectivity index is 1.67. The summed E-state index contributed by atoms with van der Waals surface area (Å²) in [6.07, 6.45) is 0.594. The van der Waals surface area contributed by atoms with Gasteiger partial charge >= 0.3 is 0 Å². The summed E-state index contributed by atoms with van der Waals surface area (Å²) in [4.78, 5) is 12.5. The highest BCUT2D eigenvalue weighted by Crippen LogP contribution is 2.35. The van der Waals surface area contributed by atoms with Gasteiger partial charge < -0.3 is 5.32 Å². The van der Waals surface area contributed by atoms with Gasteiger partial charge in [0.05, 0.1) is 21.4 Å². The zero-order chi connectivity index (χ0) is 21.5. The van der Waals surface area contributed by atoms with E-state index in [1.165, 1.54) is 28.6 Å². The van der Waals surface area contributed by atoms with Gasteiger partial charge in [0.25, 0.3) is 15.9 Å². The summed E-state index contributed by atoms with van der Waals surface area (Å²) < 4.78 is 41.1. The largest absolute Gasteiger partial charge is 0.321 e. The number of benzene rings is 3. The third-order valence-corrected chi connectivity index (χ3v) is 7.39. The number of nitrogens with zero attached hydrogens (tertiary/aromatic N) is 1. The average molecular weight is 465 g/mol. The van der Waals surface area contributed by atoms with E-state index in [9.17, 15) is 17.6 Å². The summed E-state index contributed by atoms with van der Waals surface area (Å²) in [6, 6.07) is 14.8. The summed E-state index contributed by atoms with van der Waals surface area (Å²) in [5.74, 6) is -1.14. The fourth-order valence-corrected chi connectivity index (χ4v) is 5.52. The monoisotopic (exact) mass is 464 g/mol. The molecular weight excluding hydrogens is 450 g/mol. The van der Waals surface area contributed by atoms with Gasteiger partial charge in [-0.3, -0.25) is 9.10 Å². The quantitative estimate of drug-likeness (QED) is 0.581. The predicted octanol–water partition coefficient (Wildman–Crippen LogP) is 5.14. The van der Waals surface area contributed by atoms with Crippen molar-refractivity contribution < 1.29 is 17.6 Å². The molecule has 4 rings (SSSR count). The molecule has 0 radical (unpaired) electrons. The molecule has 0 bridgehead atoms. The summed E-state index contributed by atoms with van der Waals surface area (Å²) in [5, 5.41) is 2.58. The molecule has 1 aliphatic heterocycles. The fourth-order valence-electron chi connectivity index (χ4n) is 3.30. The van der Waals surface area contributed by atoms with E-state index in [2.05, 4.69) is 5.32 Å². The number of amides is 1. The number of rotatable bonds is 4. The Morgan fingerprint density at radius 2 is 1.77 bits per heavy atom. The smallest absolute Gasteiger partial charge is 0.265 e. The first-order valence-electron chi connectivity index (χ1n) is 8.94. The number of hydrogen-bond acceptors (Lipinski definition) is 3. The molecule has 0 saturated heterocycles. The van der Waals surface area contributed by atoms with E-state index >= 15 is 0 Å². The Hall–Kier alpha value is -2.61. The normalized spacial score (nSPS) is 13.2. The average Bonchev–Trinajstić information content (AvgIpc) is 3.15. The summed E-state index contributed by atoms with van der Waals surface area (Å²) >= 11 is 12.1. The van der Waals surface area contributed by atoms with Crippen LogP contribution in [0.3, 0.4) is 0 Å². The first kappa shape index (κ1) is 20.7. The number of para-hydroxylation sites is 1. The van der Waals surface area contributed by atoms with Crippen molar-refractivity contribution in [2.45, 2.75) is 11.3 Å². The summed E-state index contributed by atoms with van der Waals surface area (Å²) in [6.45, 7) is 0.291. The number of anilines is 2. The van der Waals surface area contributed by atoms with Gasteiger partial charge in [-0.1, -0.05) is 41.4 Å². The molecule has 1 N–H and O–H groups in total. The second-order valence-electron chi connectivity index (χ2n) is 6.68. The third-order valence-electron chi connectivity index (χ3n) is 4.79. The van der Waals surface area contributed by atoms with Gasteiger partial charge in [-0.25, -0.2) is 12.8 Å². The number of carbonyl (C=O) groups is 1. The van der Waals surface area contributed by atoms with Crippen LogP contribution in [0.2, 0.25) is 10.0 Å². The maximum Gasteiger partial charge on any atom is 0.265 e. The molecule has 1 aliphatic rings. The van der Waals surface area contributed by atoms with Crippen LogP contribution in [0, 0.1) is 5.82 Å². The van der Waals surface area contributed by atoms with Gasteiger partial charge in [0.15, 0.2) is 0 Å². The number of sulfonamides is 1. The Morgan fingerprint density at radius 3 is 2.53 bits per heavy atom. The fraction of sp³-hybridized carbons (Fsp3) is 0.0952. The van der Waals surface area contributed by atoms with E-state index in [1.54, 1.807) is 12.1 Å². The van der Waals surface area contributed by atoms with Crippen molar-refractivity contribution in [2.24, 2.45) is 0 Å². The number of hydrogen-bond donors (Lipinski definition) is 1. The molecule has 0 saturated carbocycles. The zero-order valence-corrected chi connectivity index (χ0v) is 17.7. The second kappa shape index (κ2) is 7.91. The van der Waals surface area contributed by atoms with Crippen LogP contribution in [0.4, 0.5) is 15.8 Å². The van der Waals surface area contributed by atoms with E-state index in [0.29, 0.717) is 18.7 Å². The lowest BCUT2D eigenvalue weighted by Crippen LogP contribution is -2.29.